The van der Waals surface area contributed by atoms with Crippen LogP contribution in [0.4, 0.5) is 0 Å². The first-order valence-electron chi connectivity index (χ1n) is 7.45. The topological polar surface area (TPSA) is 60.2 Å². The predicted molar refractivity (Wildman–Crippen MR) is 104 cm³/mol. The van der Waals surface area contributed by atoms with Gasteiger partial charge in [-0.05, 0) is 84.7 Å². The molecule has 2 aromatic rings. The van der Waals surface area contributed by atoms with Gasteiger partial charge in [-0.15, -0.1) is 0 Å². The molecule has 0 saturated carbocycles. The van der Waals surface area contributed by atoms with Crippen molar-refractivity contribution in [3.63, 3.8) is 0 Å². The Bertz CT molecular complexity index is 846. The number of benzene rings is 2. The van der Waals surface area contributed by atoms with Crippen molar-refractivity contribution in [3.05, 3.63) is 83.6 Å². The summed E-state index contributed by atoms with van der Waals surface area (Å²) in [5.41, 5.74) is 5.27. The van der Waals surface area contributed by atoms with Crippen molar-refractivity contribution < 1.29 is 9.72 Å². The van der Waals surface area contributed by atoms with E-state index in [-0.39, 0.29) is 5.78 Å². The van der Waals surface area contributed by atoms with Gasteiger partial charge in [0.1, 0.15) is 0 Å². The van der Waals surface area contributed by atoms with E-state index in [1.165, 1.54) is 0 Å². The fourth-order valence-electron chi connectivity index (χ4n) is 2.76. The van der Waals surface area contributed by atoms with Crippen LogP contribution < -0.4 is 0 Å². The average Bonchev–Trinajstić information content (AvgIpc) is 2.48. The minimum Gasteiger partial charge on any atom is -0.289 e. The molecule has 0 aliphatic heterocycles. The Hall–Kier alpha value is -2.02. The zero-order valence-electron chi connectivity index (χ0n) is 14.0. The molecule has 0 N–H and O–H groups in total. The Morgan fingerprint density at radius 2 is 1.67 bits per heavy atom. The summed E-state index contributed by atoms with van der Waals surface area (Å²) >= 11 is 2.19. The highest BCUT2D eigenvalue weighted by atomic mass is 127. The van der Waals surface area contributed by atoms with Crippen molar-refractivity contribution in [1.29, 1.82) is 0 Å². The third-order valence-corrected chi connectivity index (χ3v) is 4.63. The lowest BCUT2D eigenvalue weighted by molar-refractivity contribution is -0.401. The molecule has 5 heteroatoms. The van der Waals surface area contributed by atoms with Crippen LogP contribution in [-0.2, 0) is 0 Å². The van der Waals surface area contributed by atoms with Crippen LogP contribution >= 0.6 is 22.6 Å². The molecule has 0 aromatic heterocycles. The lowest BCUT2D eigenvalue weighted by atomic mass is 9.90. The van der Waals surface area contributed by atoms with E-state index in [2.05, 4.69) is 22.6 Å². The van der Waals surface area contributed by atoms with Crippen molar-refractivity contribution in [2.75, 3.05) is 0 Å². The Kier molecular flexibility index (Phi) is 5.54. The highest BCUT2D eigenvalue weighted by Gasteiger charge is 2.18. The molecule has 4 nitrogen and oxygen atoms in total. The molecule has 2 rings (SSSR count). The van der Waals surface area contributed by atoms with Crippen molar-refractivity contribution in [2.24, 2.45) is 0 Å². The zero-order valence-corrected chi connectivity index (χ0v) is 16.2. The van der Waals surface area contributed by atoms with Crippen molar-refractivity contribution >= 4 is 33.9 Å². The molecule has 0 fully saturated rings. The number of allylic oxidation sites excluding steroid dienone is 1. The van der Waals surface area contributed by atoms with Crippen molar-refractivity contribution in [1.82, 2.24) is 0 Å². The minimum atomic E-state index is -0.464. The van der Waals surface area contributed by atoms with Crippen molar-refractivity contribution in [3.8, 4) is 0 Å². The van der Waals surface area contributed by atoms with E-state index in [9.17, 15) is 14.9 Å². The number of halogens is 1. The first kappa shape index (κ1) is 18.3. The molecule has 0 aliphatic rings. The van der Waals surface area contributed by atoms with Gasteiger partial charge >= 0.3 is 0 Å². The number of carbonyl (C=O) groups is 1. The number of aryl methyl sites for hydroxylation is 3. The summed E-state index contributed by atoms with van der Waals surface area (Å²) in [6.45, 7) is 7.35. The maximum absolute atomic E-state index is 13.0. The molecule has 0 atom stereocenters. The molecule has 0 radical (unpaired) electrons. The van der Waals surface area contributed by atoms with E-state index in [1.807, 2.05) is 51.1 Å². The minimum absolute atomic E-state index is 0.0107. The molecule has 124 valence electrons. The molecule has 0 spiro atoms. The van der Waals surface area contributed by atoms with Crippen LogP contribution in [0.3, 0.4) is 0 Å². The fourth-order valence-corrected chi connectivity index (χ4v) is 3.25. The molecule has 2 aromatic carbocycles. The van der Waals surface area contributed by atoms with Gasteiger partial charge in [0.05, 0.1) is 4.92 Å². The maximum atomic E-state index is 13.0. The van der Waals surface area contributed by atoms with Crippen LogP contribution in [0, 0.1) is 34.5 Å². The van der Waals surface area contributed by atoms with E-state index >= 15 is 0 Å². The second-order valence-corrected chi connectivity index (χ2v) is 7.12. The third kappa shape index (κ3) is 3.90. The Morgan fingerprint density at radius 3 is 2.21 bits per heavy atom. The molecule has 0 heterocycles. The van der Waals surface area contributed by atoms with Gasteiger partial charge in [-0.25, -0.2) is 0 Å². The second-order valence-electron chi connectivity index (χ2n) is 5.87. The number of carbonyl (C=O) groups excluding carboxylic acids is 1. The van der Waals surface area contributed by atoms with Gasteiger partial charge in [-0.3, -0.25) is 14.9 Å². The summed E-state index contributed by atoms with van der Waals surface area (Å²) in [7, 11) is 0. The highest BCUT2D eigenvalue weighted by molar-refractivity contribution is 14.1. The van der Waals surface area contributed by atoms with Crippen LogP contribution in [0.1, 0.15) is 45.1 Å². The molecule has 0 amide bonds. The summed E-state index contributed by atoms with van der Waals surface area (Å²) in [4.78, 5) is 23.2. The second kappa shape index (κ2) is 7.25. The monoisotopic (exact) mass is 435 g/mol. The Labute approximate surface area is 154 Å². The number of ketones is 1. The predicted octanol–water partition coefficient (Wildman–Crippen LogP) is 5.08. The molecule has 0 aliphatic carbocycles. The van der Waals surface area contributed by atoms with E-state index in [1.54, 1.807) is 6.92 Å². The van der Waals surface area contributed by atoms with Gasteiger partial charge in [-0.2, -0.15) is 0 Å². The standard InChI is InChI=1S/C19H18INO3/c1-11-5-6-16(20)9-17(11)19(22)18-12(2)7-15(8-13(18)3)14(4)10-21(23)24/h5-10H,1-4H3/b14-10+. The third-order valence-electron chi connectivity index (χ3n) is 3.96. The number of rotatable bonds is 4. The Morgan fingerprint density at radius 1 is 1.08 bits per heavy atom. The number of hydrogen-bond acceptors (Lipinski definition) is 3. The molecular weight excluding hydrogens is 417 g/mol. The normalized spacial score (nSPS) is 11.5. The smallest absolute Gasteiger partial charge is 0.237 e. The van der Waals surface area contributed by atoms with Gasteiger partial charge in [-0.1, -0.05) is 18.2 Å². The van der Waals surface area contributed by atoms with Gasteiger partial charge < -0.3 is 0 Å². The van der Waals surface area contributed by atoms with Crippen LogP contribution in [0.5, 0.6) is 0 Å². The van der Waals surface area contributed by atoms with E-state index in [0.717, 1.165) is 32.0 Å². The Balaban J connectivity index is 2.54. The van der Waals surface area contributed by atoms with Gasteiger partial charge in [0.15, 0.2) is 5.78 Å². The number of nitro groups is 1. The summed E-state index contributed by atoms with van der Waals surface area (Å²) in [6, 6.07) is 9.47. The summed E-state index contributed by atoms with van der Waals surface area (Å²) in [5, 5.41) is 10.7. The van der Waals surface area contributed by atoms with Crippen LogP contribution in [0.15, 0.2) is 36.5 Å². The maximum Gasteiger partial charge on any atom is 0.237 e. The fraction of sp³-hybridized carbons (Fsp3) is 0.211. The van der Waals surface area contributed by atoms with Gasteiger partial charge in [0, 0.05) is 20.3 Å². The quantitative estimate of drug-likeness (QED) is 0.291. The lowest BCUT2D eigenvalue weighted by Crippen LogP contribution is -2.09. The SMILES string of the molecule is C/C(=C\[N+](=O)[O-])c1cc(C)c(C(=O)c2cc(I)ccc2C)c(C)c1. The number of hydrogen-bond donors (Lipinski definition) is 0. The molecule has 0 bridgehead atoms. The first-order valence-corrected chi connectivity index (χ1v) is 8.53. The average molecular weight is 435 g/mol. The highest BCUT2D eigenvalue weighted by Crippen LogP contribution is 2.26. The van der Waals surface area contributed by atoms with Crippen LogP contribution in [-0.4, -0.2) is 10.7 Å². The molecular formula is C19H18INO3. The van der Waals surface area contributed by atoms with E-state index < -0.39 is 4.92 Å². The first-order chi connectivity index (χ1) is 11.2. The zero-order chi connectivity index (χ0) is 18.0. The lowest BCUT2D eigenvalue weighted by Gasteiger charge is -2.13. The van der Waals surface area contributed by atoms with Crippen molar-refractivity contribution in [2.45, 2.75) is 27.7 Å². The van der Waals surface area contributed by atoms with Crippen LogP contribution in [0.2, 0.25) is 0 Å². The van der Waals surface area contributed by atoms with Crippen LogP contribution in [0.25, 0.3) is 5.57 Å². The summed E-state index contributed by atoms with van der Waals surface area (Å²) < 4.78 is 1.01. The van der Waals surface area contributed by atoms with E-state index in [4.69, 9.17) is 0 Å². The number of nitrogens with zero attached hydrogens (tertiary/aromatic N) is 1. The van der Waals surface area contributed by atoms with Gasteiger partial charge in [0.2, 0.25) is 6.20 Å². The molecule has 24 heavy (non-hydrogen) atoms. The summed E-state index contributed by atoms with van der Waals surface area (Å²) in [6.07, 6.45) is 0.986. The largest absolute Gasteiger partial charge is 0.289 e. The van der Waals surface area contributed by atoms with Gasteiger partial charge in [0.25, 0.3) is 0 Å². The summed E-state index contributed by atoms with van der Waals surface area (Å²) in [5.74, 6) is -0.0107. The molecule has 0 unspecified atom stereocenters. The molecule has 0 saturated heterocycles. The van der Waals surface area contributed by atoms with E-state index in [0.29, 0.717) is 16.7 Å².